The van der Waals surface area contributed by atoms with E-state index >= 15 is 0 Å². The Balaban J connectivity index is 1.76. The third kappa shape index (κ3) is 2.71. The number of hydrogen-bond donors (Lipinski definition) is 1. The predicted octanol–water partition coefficient (Wildman–Crippen LogP) is 1.37. The molecule has 1 aromatic heterocycles. The summed E-state index contributed by atoms with van der Waals surface area (Å²) < 4.78 is 4.89. The standard InChI is InChI=1S/C10H15N3O2/c14-10(13-6-2-1-3-7-13)11-8-9-4-5-12-15-9/h4-5H,1-3,6-8H2,(H,11,14). The van der Waals surface area contributed by atoms with Gasteiger partial charge in [0.15, 0.2) is 5.76 Å². The van der Waals surface area contributed by atoms with E-state index in [2.05, 4.69) is 10.5 Å². The van der Waals surface area contributed by atoms with Crippen molar-refractivity contribution >= 4 is 6.03 Å². The summed E-state index contributed by atoms with van der Waals surface area (Å²) in [6.45, 7) is 2.14. The monoisotopic (exact) mass is 209 g/mol. The third-order valence-electron chi connectivity index (χ3n) is 2.55. The fraction of sp³-hybridized carbons (Fsp3) is 0.600. The van der Waals surface area contributed by atoms with Gasteiger partial charge in [0.1, 0.15) is 0 Å². The third-order valence-corrected chi connectivity index (χ3v) is 2.55. The smallest absolute Gasteiger partial charge is 0.317 e. The zero-order valence-corrected chi connectivity index (χ0v) is 8.61. The molecule has 0 aromatic carbocycles. The van der Waals surface area contributed by atoms with E-state index in [9.17, 15) is 4.79 Å². The minimum Gasteiger partial charge on any atom is -0.360 e. The van der Waals surface area contributed by atoms with Crippen molar-refractivity contribution in [3.8, 4) is 0 Å². The van der Waals surface area contributed by atoms with Crippen LogP contribution in [-0.4, -0.2) is 29.2 Å². The van der Waals surface area contributed by atoms with E-state index in [1.54, 1.807) is 12.3 Å². The molecular formula is C10H15N3O2. The first-order valence-electron chi connectivity index (χ1n) is 5.28. The second-order valence-corrected chi connectivity index (χ2v) is 3.69. The lowest BCUT2D eigenvalue weighted by Crippen LogP contribution is -2.42. The van der Waals surface area contributed by atoms with Gasteiger partial charge >= 0.3 is 6.03 Å². The molecular weight excluding hydrogens is 194 g/mol. The molecule has 1 aromatic rings. The Morgan fingerprint density at radius 1 is 1.47 bits per heavy atom. The Morgan fingerprint density at radius 3 is 2.93 bits per heavy atom. The maximum atomic E-state index is 11.6. The maximum absolute atomic E-state index is 11.6. The molecule has 82 valence electrons. The molecule has 0 saturated carbocycles. The van der Waals surface area contributed by atoms with E-state index in [1.165, 1.54) is 6.42 Å². The van der Waals surface area contributed by atoms with Gasteiger partial charge in [-0.1, -0.05) is 5.16 Å². The number of likely N-dealkylation sites (tertiary alicyclic amines) is 1. The first-order valence-corrected chi connectivity index (χ1v) is 5.28. The van der Waals surface area contributed by atoms with E-state index in [0.29, 0.717) is 12.3 Å². The minimum atomic E-state index is -0.00824. The summed E-state index contributed by atoms with van der Waals surface area (Å²) in [6, 6.07) is 1.74. The number of amides is 2. The first kappa shape index (κ1) is 10.0. The molecule has 0 bridgehead atoms. The molecule has 5 heteroatoms. The molecule has 2 amide bonds. The number of piperidine rings is 1. The molecule has 2 rings (SSSR count). The minimum absolute atomic E-state index is 0.00824. The maximum Gasteiger partial charge on any atom is 0.317 e. The van der Waals surface area contributed by atoms with Crippen LogP contribution in [0.3, 0.4) is 0 Å². The molecule has 15 heavy (non-hydrogen) atoms. The zero-order chi connectivity index (χ0) is 10.5. The number of nitrogens with zero attached hydrogens (tertiary/aromatic N) is 2. The van der Waals surface area contributed by atoms with E-state index in [1.807, 2.05) is 4.90 Å². The van der Waals surface area contributed by atoms with Crippen LogP contribution in [0.15, 0.2) is 16.8 Å². The van der Waals surface area contributed by atoms with Crippen molar-refractivity contribution in [3.63, 3.8) is 0 Å². The fourth-order valence-corrected chi connectivity index (χ4v) is 1.70. The molecule has 0 unspecified atom stereocenters. The quantitative estimate of drug-likeness (QED) is 0.800. The number of carbonyl (C=O) groups is 1. The Bertz CT molecular complexity index is 304. The van der Waals surface area contributed by atoms with Crippen LogP contribution in [0.2, 0.25) is 0 Å². The van der Waals surface area contributed by atoms with E-state index in [4.69, 9.17) is 4.52 Å². The van der Waals surface area contributed by atoms with Crippen LogP contribution in [0.25, 0.3) is 0 Å². The van der Waals surface area contributed by atoms with Gasteiger partial charge in [-0.2, -0.15) is 0 Å². The van der Waals surface area contributed by atoms with Crippen LogP contribution < -0.4 is 5.32 Å². The Morgan fingerprint density at radius 2 is 2.27 bits per heavy atom. The van der Waals surface area contributed by atoms with Gasteiger partial charge in [-0.05, 0) is 19.3 Å². The number of carbonyl (C=O) groups excluding carboxylic acids is 1. The second-order valence-electron chi connectivity index (χ2n) is 3.69. The lowest BCUT2D eigenvalue weighted by Gasteiger charge is -2.26. The van der Waals surface area contributed by atoms with Crippen molar-refractivity contribution in [1.82, 2.24) is 15.4 Å². The van der Waals surface area contributed by atoms with Gasteiger partial charge in [0.2, 0.25) is 0 Å². The zero-order valence-electron chi connectivity index (χ0n) is 8.61. The topological polar surface area (TPSA) is 58.4 Å². The van der Waals surface area contributed by atoms with Crippen molar-refractivity contribution in [3.05, 3.63) is 18.0 Å². The van der Waals surface area contributed by atoms with Crippen molar-refractivity contribution in [1.29, 1.82) is 0 Å². The van der Waals surface area contributed by atoms with Crippen molar-refractivity contribution < 1.29 is 9.32 Å². The molecule has 1 aliphatic heterocycles. The van der Waals surface area contributed by atoms with Gasteiger partial charge in [-0.15, -0.1) is 0 Å². The van der Waals surface area contributed by atoms with Gasteiger partial charge in [0.05, 0.1) is 12.7 Å². The van der Waals surface area contributed by atoms with E-state index in [0.717, 1.165) is 25.9 Å². The Hall–Kier alpha value is -1.52. The summed E-state index contributed by atoms with van der Waals surface area (Å²) in [6.07, 6.45) is 5.01. The highest BCUT2D eigenvalue weighted by molar-refractivity contribution is 5.74. The Labute approximate surface area is 88.4 Å². The van der Waals surface area contributed by atoms with Crippen LogP contribution >= 0.6 is 0 Å². The average Bonchev–Trinajstić information content (AvgIpc) is 2.80. The van der Waals surface area contributed by atoms with Gasteiger partial charge in [0.25, 0.3) is 0 Å². The predicted molar refractivity (Wildman–Crippen MR) is 54.2 cm³/mol. The molecule has 0 radical (unpaired) electrons. The summed E-state index contributed by atoms with van der Waals surface area (Å²) in [5.74, 6) is 0.681. The van der Waals surface area contributed by atoms with Crippen molar-refractivity contribution in [2.45, 2.75) is 25.8 Å². The molecule has 2 heterocycles. The van der Waals surface area contributed by atoms with Gasteiger partial charge in [-0.3, -0.25) is 0 Å². The molecule has 0 aliphatic carbocycles. The van der Waals surface area contributed by atoms with E-state index < -0.39 is 0 Å². The molecule has 1 aliphatic rings. The number of rotatable bonds is 2. The number of nitrogens with one attached hydrogen (secondary N) is 1. The highest BCUT2D eigenvalue weighted by Gasteiger charge is 2.15. The molecule has 1 fully saturated rings. The largest absolute Gasteiger partial charge is 0.360 e. The van der Waals surface area contributed by atoms with Crippen LogP contribution in [0, 0.1) is 0 Å². The lowest BCUT2D eigenvalue weighted by molar-refractivity contribution is 0.184. The summed E-state index contributed by atoms with van der Waals surface area (Å²) in [5, 5.41) is 6.38. The van der Waals surface area contributed by atoms with Gasteiger partial charge in [-0.25, -0.2) is 4.79 Å². The summed E-state index contributed by atoms with van der Waals surface area (Å²) in [4.78, 5) is 13.5. The highest BCUT2D eigenvalue weighted by Crippen LogP contribution is 2.08. The highest BCUT2D eigenvalue weighted by atomic mass is 16.5. The van der Waals surface area contributed by atoms with Crippen LogP contribution in [0.1, 0.15) is 25.0 Å². The van der Waals surface area contributed by atoms with Gasteiger partial charge < -0.3 is 14.7 Å². The SMILES string of the molecule is O=C(NCc1ccno1)N1CCCCC1. The fourth-order valence-electron chi connectivity index (χ4n) is 1.70. The Kier molecular flexibility index (Phi) is 3.22. The van der Waals surface area contributed by atoms with Crippen LogP contribution in [0.4, 0.5) is 4.79 Å². The average molecular weight is 209 g/mol. The normalized spacial score (nSPS) is 16.4. The molecule has 1 N–H and O–H groups in total. The molecule has 5 nitrogen and oxygen atoms in total. The summed E-state index contributed by atoms with van der Waals surface area (Å²) in [7, 11) is 0. The first-order chi connectivity index (χ1) is 7.36. The molecule has 0 atom stereocenters. The van der Waals surface area contributed by atoms with Crippen molar-refractivity contribution in [2.75, 3.05) is 13.1 Å². The summed E-state index contributed by atoms with van der Waals surface area (Å²) in [5.41, 5.74) is 0. The second kappa shape index (κ2) is 4.82. The lowest BCUT2D eigenvalue weighted by atomic mass is 10.1. The number of hydrogen-bond acceptors (Lipinski definition) is 3. The van der Waals surface area contributed by atoms with Crippen molar-refractivity contribution in [2.24, 2.45) is 0 Å². The molecule has 0 spiro atoms. The summed E-state index contributed by atoms with van der Waals surface area (Å²) >= 11 is 0. The molecule has 1 saturated heterocycles. The van der Waals surface area contributed by atoms with E-state index in [-0.39, 0.29) is 6.03 Å². The van der Waals surface area contributed by atoms with Crippen LogP contribution in [0.5, 0.6) is 0 Å². The number of urea groups is 1. The number of aromatic nitrogens is 1. The van der Waals surface area contributed by atoms with Crippen LogP contribution in [-0.2, 0) is 6.54 Å². The van der Waals surface area contributed by atoms with Gasteiger partial charge in [0, 0.05) is 19.2 Å².